The fraction of sp³-hybridized carbons (Fsp3) is 0.761. The predicted molar refractivity (Wildman–Crippen MR) is 217 cm³/mol. The zero-order chi connectivity index (χ0) is 39.0. The number of unbranched alkanes of at least 4 members (excludes halogenated alkanes) is 10. The van der Waals surface area contributed by atoms with E-state index in [1.54, 1.807) is 0 Å². The Morgan fingerprint density at radius 1 is 0.827 bits per heavy atom. The molecule has 0 saturated heterocycles. The maximum Gasteiger partial charge on any atom is 0.305 e. The van der Waals surface area contributed by atoms with Gasteiger partial charge in [0.15, 0.2) is 0 Å². The van der Waals surface area contributed by atoms with Gasteiger partial charge in [-0.25, -0.2) is 0 Å². The van der Waals surface area contributed by atoms with Crippen molar-refractivity contribution in [2.24, 2.45) is 11.3 Å². The molecule has 52 heavy (non-hydrogen) atoms. The molecule has 4 atom stereocenters. The van der Waals surface area contributed by atoms with Gasteiger partial charge in [-0.05, 0) is 116 Å². The Hall–Kier alpha value is -2.47. The first-order valence-corrected chi connectivity index (χ1v) is 20.8. The van der Waals surface area contributed by atoms with Crippen LogP contribution in [0.4, 0.5) is 0 Å². The molecular formula is C46H78O6. The van der Waals surface area contributed by atoms with Crippen LogP contribution in [0.5, 0.6) is 0 Å². The molecule has 0 amide bonds. The molecule has 0 bridgehead atoms. The lowest BCUT2D eigenvalue weighted by atomic mass is 9.54. The molecule has 0 aromatic carbocycles. The zero-order valence-electron chi connectivity index (χ0n) is 35.0. The average molecular weight is 727 g/mol. The van der Waals surface area contributed by atoms with Crippen LogP contribution in [0.1, 0.15) is 197 Å². The number of carbonyl (C=O) groups excluding carboxylic acids is 3. The van der Waals surface area contributed by atoms with Gasteiger partial charge >= 0.3 is 11.9 Å². The molecule has 298 valence electrons. The fourth-order valence-corrected chi connectivity index (χ4v) is 7.82. The lowest BCUT2D eigenvalue weighted by molar-refractivity contribution is -0.145. The maximum atomic E-state index is 12.5. The zero-order valence-corrected chi connectivity index (χ0v) is 35.0. The average Bonchev–Trinajstić information content (AvgIpc) is 3.08. The van der Waals surface area contributed by atoms with Crippen LogP contribution in [-0.4, -0.2) is 41.6 Å². The summed E-state index contributed by atoms with van der Waals surface area (Å²) < 4.78 is 11.4. The van der Waals surface area contributed by atoms with Crippen molar-refractivity contribution >= 4 is 18.2 Å². The summed E-state index contributed by atoms with van der Waals surface area (Å²) >= 11 is 0. The van der Waals surface area contributed by atoms with Crippen molar-refractivity contribution in [1.29, 1.82) is 0 Å². The van der Waals surface area contributed by atoms with Crippen LogP contribution >= 0.6 is 0 Å². The van der Waals surface area contributed by atoms with Crippen molar-refractivity contribution < 1.29 is 29.0 Å². The summed E-state index contributed by atoms with van der Waals surface area (Å²) in [5, 5.41) is 11.9. The van der Waals surface area contributed by atoms with Gasteiger partial charge in [0.05, 0.1) is 12.2 Å². The molecule has 1 fully saturated rings. The number of rotatable bonds is 27. The van der Waals surface area contributed by atoms with Gasteiger partial charge in [0.2, 0.25) is 0 Å². The first-order chi connectivity index (χ1) is 24.7. The van der Waals surface area contributed by atoms with E-state index in [0.717, 1.165) is 55.1 Å². The van der Waals surface area contributed by atoms with E-state index in [9.17, 15) is 19.5 Å². The molecule has 6 nitrogen and oxygen atoms in total. The van der Waals surface area contributed by atoms with Crippen molar-refractivity contribution in [3.05, 3.63) is 46.1 Å². The standard InChI is InChI=1S/C46H78O6/c1-10-11-12-13-14-15-16-17-18-19-20-28-44(49)51-34-23-27-42-41(39(6)35-47)31-33-46(9,50)45(42,8)32-22-26-38(5)43(52-40(7)48)30-29-37(4)25-21-24-36(2)3/h24,26,29,35,42-43,50H,10-23,25,27-28,30-34H2,1-9H3/b37-29+,38-26+,41-39+/t42?,43?,45?,46-/m0/s1. The van der Waals surface area contributed by atoms with Crippen LogP contribution in [0, 0.1) is 11.3 Å². The van der Waals surface area contributed by atoms with Gasteiger partial charge in [0.1, 0.15) is 12.4 Å². The van der Waals surface area contributed by atoms with Crippen molar-refractivity contribution in [3.8, 4) is 0 Å². The number of allylic oxidation sites excluding steroid dienone is 6. The van der Waals surface area contributed by atoms with E-state index in [2.05, 4.69) is 52.8 Å². The van der Waals surface area contributed by atoms with Gasteiger partial charge in [-0.3, -0.25) is 14.4 Å². The van der Waals surface area contributed by atoms with Crippen LogP contribution in [0.15, 0.2) is 46.1 Å². The molecule has 0 heterocycles. The molecule has 1 rings (SSSR count). The van der Waals surface area contributed by atoms with Crippen LogP contribution < -0.4 is 0 Å². The summed E-state index contributed by atoms with van der Waals surface area (Å²) in [7, 11) is 0. The Morgan fingerprint density at radius 2 is 1.44 bits per heavy atom. The first kappa shape index (κ1) is 47.6. The molecule has 0 radical (unpaired) electrons. The Balaban J connectivity index is 2.81. The van der Waals surface area contributed by atoms with E-state index in [1.165, 1.54) is 75.9 Å². The molecular weight excluding hydrogens is 649 g/mol. The smallest absolute Gasteiger partial charge is 0.305 e. The second-order valence-electron chi connectivity index (χ2n) is 16.4. The molecule has 1 N–H and O–H groups in total. The first-order valence-electron chi connectivity index (χ1n) is 20.8. The van der Waals surface area contributed by atoms with Gasteiger partial charge in [0, 0.05) is 25.2 Å². The molecule has 1 aliphatic rings. The molecule has 1 aliphatic carbocycles. The van der Waals surface area contributed by atoms with Crippen molar-refractivity contribution in [2.75, 3.05) is 6.61 Å². The monoisotopic (exact) mass is 727 g/mol. The minimum absolute atomic E-state index is 0.0174. The minimum atomic E-state index is -0.932. The molecule has 0 aromatic rings. The van der Waals surface area contributed by atoms with Crippen LogP contribution in [0.25, 0.3) is 0 Å². The molecule has 0 aromatic heterocycles. The topological polar surface area (TPSA) is 89.9 Å². The highest BCUT2D eigenvalue weighted by molar-refractivity contribution is 5.74. The molecule has 3 unspecified atom stereocenters. The summed E-state index contributed by atoms with van der Waals surface area (Å²) in [4.78, 5) is 36.5. The fourth-order valence-electron chi connectivity index (χ4n) is 7.82. The summed E-state index contributed by atoms with van der Waals surface area (Å²) in [6.45, 7) is 18.4. The number of aldehydes is 1. The van der Waals surface area contributed by atoms with Crippen molar-refractivity contribution in [3.63, 3.8) is 0 Å². The van der Waals surface area contributed by atoms with E-state index in [0.29, 0.717) is 51.6 Å². The van der Waals surface area contributed by atoms with Gasteiger partial charge in [0.25, 0.3) is 0 Å². The van der Waals surface area contributed by atoms with E-state index in [1.807, 2.05) is 20.8 Å². The number of hydrogen-bond donors (Lipinski definition) is 1. The maximum absolute atomic E-state index is 12.5. The number of hydrogen-bond acceptors (Lipinski definition) is 6. The van der Waals surface area contributed by atoms with E-state index in [4.69, 9.17) is 9.47 Å². The third-order valence-electron chi connectivity index (χ3n) is 11.6. The normalized spacial score (nSPS) is 22.5. The molecule has 0 aliphatic heterocycles. The lowest BCUT2D eigenvalue weighted by Gasteiger charge is -2.53. The highest BCUT2D eigenvalue weighted by Crippen LogP contribution is 2.55. The van der Waals surface area contributed by atoms with Gasteiger partial charge < -0.3 is 14.6 Å². The summed E-state index contributed by atoms with van der Waals surface area (Å²) in [5.41, 5.74) is 4.02. The second-order valence-corrected chi connectivity index (χ2v) is 16.4. The molecule has 1 saturated carbocycles. The number of esters is 2. The number of ether oxygens (including phenoxy) is 2. The Morgan fingerprint density at radius 3 is 2.02 bits per heavy atom. The third kappa shape index (κ3) is 18.5. The van der Waals surface area contributed by atoms with E-state index in [-0.39, 0.29) is 24.0 Å². The summed E-state index contributed by atoms with van der Waals surface area (Å²) in [6.07, 6.45) is 28.1. The molecule has 6 heteroatoms. The van der Waals surface area contributed by atoms with Gasteiger partial charge in [-0.1, -0.05) is 113 Å². The van der Waals surface area contributed by atoms with Gasteiger partial charge in [-0.2, -0.15) is 0 Å². The Kier molecular flexibility index (Phi) is 24.1. The number of carbonyl (C=O) groups is 3. The summed E-state index contributed by atoms with van der Waals surface area (Å²) in [5.74, 6) is -0.444. The largest absolute Gasteiger partial charge is 0.466 e. The van der Waals surface area contributed by atoms with Gasteiger partial charge in [-0.15, -0.1) is 0 Å². The Bertz CT molecular complexity index is 1180. The predicted octanol–water partition coefficient (Wildman–Crippen LogP) is 12.4. The number of aliphatic hydroxyl groups is 1. The molecule has 0 spiro atoms. The highest BCUT2D eigenvalue weighted by atomic mass is 16.5. The van der Waals surface area contributed by atoms with E-state index < -0.39 is 11.0 Å². The quantitative estimate of drug-likeness (QED) is 0.0298. The van der Waals surface area contributed by atoms with Crippen LogP contribution in [0.2, 0.25) is 0 Å². The van der Waals surface area contributed by atoms with Crippen LogP contribution in [0.3, 0.4) is 0 Å². The SMILES string of the molecule is CCCCCCCCCCCCCC(=O)OCCCC1/C(=C(\C)C=O)CC[C@](C)(O)C1(C)CC/C=C(\C)C(C/C=C(\C)CCC=C(C)C)OC(C)=O. The second kappa shape index (κ2) is 26.3. The van der Waals surface area contributed by atoms with Crippen LogP contribution in [-0.2, 0) is 23.9 Å². The lowest BCUT2D eigenvalue weighted by Crippen LogP contribution is -2.52. The summed E-state index contributed by atoms with van der Waals surface area (Å²) in [6, 6.07) is 0. The minimum Gasteiger partial charge on any atom is -0.466 e. The van der Waals surface area contributed by atoms with Crippen molar-refractivity contribution in [2.45, 2.75) is 209 Å². The van der Waals surface area contributed by atoms with Crippen molar-refractivity contribution in [1.82, 2.24) is 0 Å². The Labute approximate surface area is 319 Å². The highest BCUT2D eigenvalue weighted by Gasteiger charge is 2.52. The van der Waals surface area contributed by atoms with E-state index >= 15 is 0 Å². The third-order valence-corrected chi connectivity index (χ3v) is 11.6.